The van der Waals surface area contributed by atoms with Crippen LogP contribution in [0.15, 0.2) is 40.7 Å². The van der Waals surface area contributed by atoms with E-state index in [1.54, 1.807) is 31.2 Å². The minimum Gasteiger partial charge on any atom is -0.489 e. The van der Waals surface area contributed by atoms with Gasteiger partial charge in [-0.15, -0.1) is 0 Å². The van der Waals surface area contributed by atoms with Crippen LogP contribution in [0.2, 0.25) is 0 Å². The highest BCUT2D eigenvalue weighted by Crippen LogP contribution is 2.21. The Morgan fingerprint density at radius 2 is 2.16 bits per heavy atom. The van der Waals surface area contributed by atoms with E-state index in [4.69, 9.17) is 15.0 Å². The molecule has 0 saturated heterocycles. The van der Waals surface area contributed by atoms with E-state index in [0.29, 0.717) is 29.4 Å². The minimum atomic E-state index is 0.131. The molecule has 0 aliphatic heterocycles. The van der Waals surface area contributed by atoms with Crippen molar-refractivity contribution in [1.29, 1.82) is 0 Å². The van der Waals surface area contributed by atoms with Crippen molar-refractivity contribution >= 4 is 0 Å². The number of aromatic nitrogens is 2. The summed E-state index contributed by atoms with van der Waals surface area (Å²) in [5.41, 5.74) is 6.53. The molecule has 0 spiro atoms. The molecule has 0 bridgehead atoms. The molecule has 0 unspecified atom stereocenters. The summed E-state index contributed by atoms with van der Waals surface area (Å²) in [6, 6.07) is 7.09. The molecule has 0 aliphatic rings. The molecule has 2 aromatic rings. The van der Waals surface area contributed by atoms with Gasteiger partial charge >= 0.3 is 0 Å². The molecule has 1 aromatic carbocycles. The van der Waals surface area contributed by atoms with E-state index in [0.717, 1.165) is 5.56 Å². The van der Waals surface area contributed by atoms with Gasteiger partial charge in [-0.1, -0.05) is 5.16 Å². The summed E-state index contributed by atoms with van der Waals surface area (Å²) in [5.74, 6) is 1.65. The van der Waals surface area contributed by atoms with Crippen molar-refractivity contribution in [2.24, 2.45) is 5.73 Å². The zero-order valence-electron chi connectivity index (χ0n) is 10.5. The van der Waals surface area contributed by atoms with Crippen LogP contribution in [-0.4, -0.2) is 23.3 Å². The molecule has 100 valence electrons. The first-order chi connectivity index (χ1) is 9.22. The van der Waals surface area contributed by atoms with Gasteiger partial charge < -0.3 is 15.0 Å². The van der Waals surface area contributed by atoms with Crippen LogP contribution in [0.1, 0.15) is 5.82 Å². The second-order valence-corrected chi connectivity index (χ2v) is 3.93. The lowest BCUT2D eigenvalue weighted by Crippen LogP contribution is -2.10. The van der Waals surface area contributed by atoms with E-state index >= 15 is 0 Å². The lowest BCUT2D eigenvalue weighted by molar-refractivity contribution is 0.347. The van der Waals surface area contributed by atoms with Crippen molar-refractivity contribution in [3.63, 3.8) is 0 Å². The molecule has 0 radical (unpaired) electrons. The molecule has 1 heterocycles. The van der Waals surface area contributed by atoms with Crippen molar-refractivity contribution in [2.45, 2.75) is 6.92 Å². The smallest absolute Gasteiger partial charge is 0.257 e. The van der Waals surface area contributed by atoms with E-state index in [9.17, 15) is 4.39 Å². The zero-order chi connectivity index (χ0) is 13.7. The molecule has 0 aliphatic carbocycles. The van der Waals surface area contributed by atoms with Gasteiger partial charge in [-0.3, -0.25) is 0 Å². The van der Waals surface area contributed by atoms with Gasteiger partial charge in [-0.2, -0.15) is 4.98 Å². The van der Waals surface area contributed by atoms with E-state index in [1.807, 2.05) is 0 Å². The number of nitrogens with two attached hydrogens (primary N) is 1. The van der Waals surface area contributed by atoms with Crippen LogP contribution in [0.5, 0.6) is 5.75 Å². The van der Waals surface area contributed by atoms with Crippen LogP contribution in [-0.2, 0) is 0 Å². The van der Waals surface area contributed by atoms with Crippen LogP contribution in [0, 0.1) is 6.92 Å². The largest absolute Gasteiger partial charge is 0.489 e. The number of halogens is 1. The molecule has 2 N–H and O–H groups in total. The van der Waals surface area contributed by atoms with Gasteiger partial charge in [0.2, 0.25) is 0 Å². The standard InChI is InChI=1S/C13H14FN3O2/c1-9-16-13(19-17-9)11-2-4-12(5-3-11)18-8-10(6-14)7-15/h2-6H,7-8,15H2,1H3/b10-6-. The highest BCUT2D eigenvalue weighted by atomic mass is 19.1. The molecule has 0 fully saturated rings. The van der Waals surface area contributed by atoms with Crippen LogP contribution in [0.3, 0.4) is 0 Å². The van der Waals surface area contributed by atoms with Crippen molar-refractivity contribution < 1.29 is 13.7 Å². The second kappa shape index (κ2) is 6.10. The minimum absolute atomic E-state index is 0.131. The van der Waals surface area contributed by atoms with Gasteiger partial charge in [0.1, 0.15) is 12.4 Å². The van der Waals surface area contributed by atoms with Crippen molar-refractivity contribution in [3.8, 4) is 17.2 Å². The Bertz CT molecular complexity index is 564. The van der Waals surface area contributed by atoms with Crippen molar-refractivity contribution in [1.82, 2.24) is 10.1 Å². The molecule has 6 heteroatoms. The highest BCUT2D eigenvalue weighted by molar-refractivity contribution is 5.54. The Kier molecular flexibility index (Phi) is 4.25. The van der Waals surface area contributed by atoms with Crippen molar-refractivity contribution in [2.75, 3.05) is 13.2 Å². The Morgan fingerprint density at radius 1 is 1.42 bits per heavy atom. The Hall–Kier alpha value is -2.21. The van der Waals surface area contributed by atoms with Gasteiger partial charge in [0.05, 0.1) is 6.33 Å². The number of ether oxygens (including phenoxy) is 1. The molecule has 2 rings (SSSR count). The summed E-state index contributed by atoms with van der Waals surface area (Å²) in [4.78, 5) is 4.12. The third kappa shape index (κ3) is 3.38. The maximum atomic E-state index is 12.3. The molecular formula is C13H14FN3O2. The number of nitrogens with zero attached hydrogens (tertiary/aromatic N) is 2. The number of hydrogen-bond acceptors (Lipinski definition) is 5. The summed E-state index contributed by atoms with van der Waals surface area (Å²) in [6.45, 7) is 2.02. The summed E-state index contributed by atoms with van der Waals surface area (Å²) in [6.07, 6.45) is 0.468. The van der Waals surface area contributed by atoms with Crippen LogP contribution < -0.4 is 10.5 Å². The normalized spacial score (nSPS) is 11.6. The molecule has 0 amide bonds. The van der Waals surface area contributed by atoms with Crippen molar-refractivity contribution in [3.05, 3.63) is 42.0 Å². The molecule has 1 aromatic heterocycles. The van der Waals surface area contributed by atoms with Gasteiger partial charge in [-0.05, 0) is 31.2 Å². The predicted octanol–water partition coefficient (Wildman–Crippen LogP) is 2.24. The number of aryl methyl sites for hydroxylation is 1. The zero-order valence-corrected chi connectivity index (χ0v) is 10.5. The lowest BCUT2D eigenvalue weighted by Gasteiger charge is -2.07. The maximum absolute atomic E-state index is 12.3. The van der Waals surface area contributed by atoms with Gasteiger partial charge in [0.25, 0.3) is 5.89 Å². The van der Waals surface area contributed by atoms with E-state index in [2.05, 4.69) is 10.1 Å². The molecule has 0 atom stereocenters. The van der Waals surface area contributed by atoms with Crippen LogP contribution in [0.25, 0.3) is 11.5 Å². The monoisotopic (exact) mass is 263 g/mol. The average molecular weight is 263 g/mol. The molecule has 0 saturated carbocycles. The lowest BCUT2D eigenvalue weighted by atomic mass is 10.2. The fourth-order valence-electron chi connectivity index (χ4n) is 1.42. The number of rotatable bonds is 5. The SMILES string of the molecule is Cc1noc(-c2ccc(OC/C(=C\F)CN)cc2)n1. The Morgan fingerprint density at radius 3 is 2.68 bits per heavy atom. The first kappa shape index (κ1) is 13.2. The first-order valence-electron chi connectivity index (χ1n) is 5.74. The van der Waals surface area contributed by atoms with Gasteiger partial charge in [0, 0.05) is 17.7 Å². The van der Waals surface area contributed by atoms with Gasteiger partial charge in [0.15, 0.2) is 5.82 Å². The van der Waals surface area contributed by atoms with Crippen LogP contribution >= 0.6 is 0 Å². The topological polar surface area (TPSA) is 74.2 Å². The number of hydrogen-bond donors (Lipinski definition) is 1. The summed E-state index contributed by atoms with van der Waals surface area (Å²) >= 11 is 0. The third-order valence-electron chi connectivity index (χ3n) is 2.47. The highest BCUT2D eigenvalue weighted by Gasteiger charge is 2.06. The molecule has 5 nitrogen and oxygen atoms in total. The third-order valence-corrected chi connectivity index (χ3v) is 2.47. The summed E-state index contributed by atoms with van der Waals surface area (Å²) in [7, 11) is 0. The number of benzene rings is 1. The second-order valence-electron chi connectivity index (χ2n) is 3.93. The van der Waals surface area contributed by atoms with E-state index in [1.165, 1.54) is 0 Å². The maximum Gasteiger partial charge on any atom is 0.257 e. The quantitative estimate of drug-likeness (QED) is 0.895. The van der Waals surface area contributed by atoms with E-state index < -0.39 is 0 Å². The first-order valence-corrected chi connectivity index (χ1v) is 5.74. The fourth-order valence-corrected chi connectivity index (χ4v) is 1.42. The molecule has 19 heavy (non-hydrogen) atoms. The Balaban J connectivity index is 2.02. The summed E-state index contributed by atoms with van der Waals surface area (Å²) in [5, 5.41) is 3.72. The van der Waals surface area contributed by atoms with Crippen LogP contribution in [0.4, 0.5) is 4.39 Å². The van der Waals surface area contributed by atoms with Gasteiger partial charge in [-0.25, -0.2) is 4.39 Å². The predicted molar refractivity (Wildman–Crippen MR) is 68.2 cm³/mol. The van der Waals surface area contributed by atoms with E-state index in [-0.39, 0.29) is 13.2 Å². The fraction of sp³-hybridized carbons (Fsp3) is 0.231. The molecular weight excluding hydrogens is 249 g/mol. The average Bonchev–Trinajstić information content (AvgIpc) is 2.87. The summed E-state index contributed by atoms with van der Waals surface area (Å²) < 4.78 is 22.7. The Labute approximate surface area is 109 Å².